The molecule has 4 fully saturated rings. The molecule has 0 bridgehead atoms. The second kappa shape index (κ2) is 15.0. The van der Waals surface area contributed by atoms with Crippen molar-refractivity contribution in [1.29, 1.82) is 0 Å². The van der Waals surface area contributed by atoms with Crippen LogP contribution in [0.25, 0.3) is 0 Å². The van der Waals surface area contributed by atoms with Crippen LogP contribution >= 0.6 is 0 Å². The molecule has 0 aromatic carbocycles. The lowest BCUT2D eigenvalue weighted by molar-refractivity contribution is -0.354. The van der Waals surface area contributed by atoms with E-state index in [1.165, 1.54) is 0 Å². The fourth-order valence-corrected chi connectivity index (χ4v) is 5.94. The van der Waals surface area contributed by atoms with Gasteiger partial charge in [-0.1, -0.05) is 0 Å². The molecule has 4 aliphatic rings. The third-order valence-corrected chi connectivity index (χ3v) is 8.67. The summed E-state index contributed by atoms with van der Waals surface area (Å²) in [4.78, 5) is 0. The Hall–Kier alpha value is -0.800. The summed E-state index contributed by atoms with van der Waals surface area (Å²) in [6, 6.07) is -4.36. The average Bonchev–Trinajstić information content (AvgIpc) is 3.00. The lowest BCUT2D eigenvalue weighted by Crippen LogP contribution is -2.70. The van der Waals surface area contributed by atoms with E-state index in [0.29, 0.717) is 0 Å². The fraction of sp³-hybridized carbons (Fsp3) is 1.00. The van der Waals surface area contributed by atoms with Gasteiger partial charge in [-0.3, -0.25) is 0 Å². The summed E-state index contributed by atoms with van der Waals surface area (Å²) in [5.41, 5.74) is 30.3. The summed E-state index contributed by atoms with van der Waals surface area (Å²) < 4.78 is 34.0. The van der Waals surface area contributed by atoms with Crippen LogP contribution in [-0.4, -0.2) is 188 Å². The Morgan fingerprint density at radius 2 is 0.977 bits per heavy atom. The summed E-state index contributed by atoms with van der Waals surface area (Å²) in [5.74, 6) is 0. The van der Waals surface area contributed by atoms with Gasteiger partial charge >= 0.3 is 0 Å². The van der Waals surface area contributed by atoms with Gasteiger partial charge in [-0.05, 0) is 6.42 Å². The fourth-order valence-electron chi connectivity index (χ4n) is 5.94. The minimum absolute atomic E-state index is 0.0426. The van der Waals surface area contributed by atoms with Crippen LogP contribution in [0.5, 0.6) is 0 Å². The number of ether oxygens (including phenoxy) is 6. The van der Waals surface area contributed by atoms with Gasteiger partial charge in [-0.2, -0.15) is 0 Å². The van der Waals surface area contributed by atoms with Gasteiger partial charge in [0.1, 0.15) is 79.4 Å². The van der Waals surface area contributed by atoms with Gasteiger partial charge in [0.25, 0.3) is 0 Å². The summed E-state index contributed by atoms with van der Waals surface area (Å²) in [5, 5.41) is 92.5. The highest BCUT2D eigenvalue weighted by Gasteiger charge is 2.53. The Balaban J connectivity index is 1.44. The molecule has 0 aromatic heterocycles. The molecule has 0 aromatic rings. The van der Waals surface area contributed by atoms with Crippen LogP contribution in [0, 0.1) is 0 Å². The number of nitrogens with two attached hydrogens (primary N) is 5. The minimum Gasteiger partial charge on any atom is -0.394 e. The molecule has 1 saturated carbocycles. The molecule has 20 unspecified atom stereocenters. The van der Waals surface area contributed by atoms with E-state index in [-0.39, 0.29) is 13.0 Å². The van der Waals surface area contributed by atoms with Crippen LogP contribution in [-0.2, 0) is 28.4 Å². The van der Waals surface area contributed by atoms with Crippen molar-refractivity contribution in [3.8, 4) is 0 Å². The second-order valence-corrected chi connectivity index (χ2v) is 11.7. The normalized spacial score (nSPS) is 53.9. The quantitative estimate of drug-likeness (QED) is 0.111. The molecule has 44 heavy (non-hydrogen) atoms. The SMILES string of the molecule is NCC1OC(OC2C(N)CC(N)C(OC3OC(CO)C(OC4OC(CO)C(O)C(O)C4O)C(N)C3O)C2O)C(N)C(O)C1O. The van der Waals surface area contributed by atoms with Crippen LogP contribution in [0.15, 0.2) is 0 Å². The van der Waals surface area contributed by atoms with Crippen molar-refractivity contribution in [2.45, 2.75) is 129 Å². The van der Waals surface area contributed by atoms with E-state index in [9.17, 15) is 46.0 Å². The highest BCUT2D eigenvalue weighted by Crippen LogP contribution is 2.33. The summed E-state index contributed by atoms with van der Waals surface area (Å²) >= 11 is 0. The first-order chi connectivity index (χ1) is 20.7. The van der Waals surface area contributed by atoms with Crippen molar-refractivity contribution in [3.63, 3.8) is 0 Å². The zero-order valence-corrected chi connectivity index (χ0v) is 23.7. The van der Waals surface area contributed by atoms with E-state index < -0.39 is 136 Å². The molecule has 3 saturated heterocycles. The second-order valence-electron chi connectivity index (χ2n) is 11.7. The molecule has 20 atom stereocenters. The molecule has 3 aliphatic heterocycles. The maximum absolute atomic E-state index is 11.2. The highest BCUT2D eigenvalue weighted by atomic mass is 16.7. The number of hydrogen-bond donors (Lipinski definition) is 14. The molecule has 20 heteroatoms. The van der Waals surface area contributed by atoms with Gasteiger partial charge in [0.15, 0.2) is 18.9 Å². The first-order valence-corrected chi connectivity index (χ1v) is 14.4. The lowest BCUT2D eigenvalue weighted by Gasteiger charge is -2.49. The third kappa shape index (κ3) is 7.05. The zero-order valence-electron chi connectivity index (χ0n) is 23.7. The molecule has 0 amide bonds. The van der Waals surface area contributed by atoms with Crippen molar-refractivity contribution in [2.24, 2.45) is 28.7 Å². The predicted octanol–water partition coefficient (Wildman–Crippen LogP) is -9.50. The Morgan fingerprint density at radius 1 is 0.500 bits per heavy atom. The Kier molecular flexibility index (Phi) is 12.3. The van der Waals surface area contributed by atoms with Crippen LogP contribution in [0.3, 0.4) is 0 Å². The van der Waals surface area contributed by atoms with Crippen LogP contribution in [0.4, 0.5) is 0 Å². The van der Waals surface area contributed by atoms with Crippen molar-refractivity contribution in [1.82, 2.24) is 0 Å². The average molecular weight is 646 g/mol. The first kappa shape index (κ1) is 36.0. The van der Waals surface area contributed by atoms with E-state index >= 15 is 0 Å². The van der Waals surface area contributed by atoms with E-state index in [0.717, 1.165) is 0 Å². The van der Waals surface area contributed by atoms with Gasteiger partial charge < -0.3 is 103 Å². The predicted molar refractivity (Wildman–Crippen MR) is 142 cm³/mol. The molecular formula is C24H47N5O15. The van der Waals surface area contributed by atoms with Gasteiger partial charge in [0.2, 0.25) is 0 Å². The molecular weight excluding hydrogens is 598 g/mol. The number of aliphatic hydroxyl groups is 9. The third-order valence-electron chi connectivity index (χ3n) is 8.67. The lowest BCUT2D eigenvalue weighted by atomic mass is 9.84. The Labute approximate surface area is 252 Å². The van der Waals surface area contributed by atoms with E-state index in [4.69, 9.17) is 57.1 Å². The molecule has 4 rings (SSSR count). The van der Waals surface area contributed by atoms with E-state index in [1.807, 2.05) is 0 Å². The number of rotatable bonds is 9. The van der Waals surface area contributed by atoms with E-state index in [1.54, 1.807) is 0 Å². The Morgan fingerprint density at radius 3 is 1.55 bits per heavy atom. The molecule has 0 radical (unpaired) electrons. The molecule has 3 heterocycles. The molecule has 20 nitrogen and oxygen atoms in total. The van der Waals surface area contributed by atoms with Gasteiger partial charge in [0, 0.05) is 18.6 Å². The topological polar surface area (TPSA) is 368 Å². The molecule has 258 valence electrons. The van der Waals surface area contributed by atoms with Crippen molar-refractivity contribution < 1.29 is 74.4 Å². The van der Waals surface area contributed by atoms with Gasteiger partial charge in [-0.15, -0.1) is 0 Å². The van der Waals surface area contributed by atoms with Gasteiger partial charge in [-0.25, -0.2) is 0 Å². The van der Waals surface area contributed by atoms with E-state index in [2.05, 4.69) is 0 Å². The van der Waals surface area contributed by atoms with Crippen LogP contribution in [0.1, 0.15) is 6.42 Å². The standard InChI is InChI=1S/C24H47N5O15/c25-2-7-12(32)14(34)11(29)22(39-7)42-19-5(26)1-6(27)20(18(19)38)43-23-15(35)10(28)21(9(4-31)41-23)44-24-17(37)16(36)13(33)8(3-30)40-24/h5-24,30-38H,1-4,25-29H2. The summed E-state index contributed by atoms with van der Waals surface area (Å²) in [6.45, 7) is -1.61. The van der Waals surface area contributed by atoms with Crippen LogP contribution in [0.2, 0.25) is 0 Å². The van der Waals surface area contributed by atoms with Crippen molar-refractivity contribution in [3.05, 3.63) is 0 Å². The van der Waals surface area contributed by atoms with Crippen molar-refractivity contribution in [2.75, 3.05) is 19.8 Å². The smallest absolute Gasteiger partial charge is 0.187 e. The molecule has 1 aliphatic carbocycles. The van der Waals surface area contributed by atoms with Crippen LogP contribution < -0.4 is 28.7 Å². The first-order valence-electron chi connectivity index (χ1n) is 14.4. The highest BCUT2D eigenvalue weighted by molar-refractivity contribution is 5.02. The van der Waals surface area contributed by atoms with Gasteiger partial charge in [0.05, 0.1) is 25.3 Å². The molecule has 19 N–H and O–H groups in total. The summed E-state index contributed by atoms with van der Waals surface area (Å²) in [7, 11) is 0. The molecule has 0 spiro atoms. The number of hydrogen-bond acceptors (Lipinski definition) is 20. The largest absolute Gasteiger partial charge is 0.394 e. The Bertz CT molecular complexity index is 912. The zero-order chi connectivity index (χ0) is 32.6. The number of aliphatic hydroxyl groups excluding tert-OH is 9. The minimum atomic E-state index is -1.78. The monoisotopic (exact) mass is 645 g/mol. The summed E-state index contributed by atoms with van der Waals surface area (Å²) in [6.07, 6.45) is -23.2. The maximum Gasteiger partial charge on any atom is 0.187 e. The maximum atomic E-state index is 11.2. The van der Waals surface area contributed by atoms with Crippen molar-refractivity contribution >= 4 is 0 Å².